The zero-order chi connectivity index (χ0) is 15.0. The number of nitrogen functional groups attached to an aromatic ring is 1. The number of amides is 1. The Morgan fingerprint density at radius 2 is 2.24 bits per heavy atom. The Labute approximate surface area is 125 Å². The van der Waals surface area contributed by atoms with Crippen molar-refractivity contribution in [1.29, 1.82) is 0 Å². The van der Waals surface area contributed by atoms with Gasteiger partial charge in [-0.3, -0.25) is 4.79 Å². The number of rotatable bonds is 4. The highest BCUT2D eigenvalue weighted by Gasteiger charge is 2.24. The monoisotopic (exact) mass is 306 g/mol. The lowest BCUT2D eigenvalue weighted by molar-refractivity contribution is 0.103. The molecule has 0 aliphatic heterocycles. The smallest absolute Gasteiger partial charge is 0.269 e. The highest BCUT2D eigenvalue weighted by atomic mass is 32.1. The summed E-state index contributed by atoms with van der Waals surface area (Å²) in [4.78, 5) is 16.6. The molecule has 0 saturated heterocycles. The Morgan fingerprint density at radius 3 is 2.95 bits per heavy atom. The lowest BCUT2D eigenvalue weighted by Crippen LogP contribution is -2.13. The predicted molar refractivity (Wildman–Crippen MR) is 82.3 cm³/mol. The van der Waals surface area contributed by atoms with Crippen LogP contribution in [-0.2, 0) is 0 Å². The van der Waals surface area contributed by atoms with Crippen LogP contribution in [0, 0.1) is 12.7 Å². The third-order valence-electron chi connectivity index (χ3n) is 3.13. The summed E-state index contributed by atoms with van der Waals surface area (Å²) in [5, 5.41) is 6.36. The van der Waals surface area contributed by atoms with Crippen molar-refractivity contribution < 1.29 is 9.18 Å². The number of anilines is 3. The normalized spacial score (nSPS) is 14.0. The van der Waals surface area contributed by atoms with Crippen molar-refractivity contribution in [3.8, 4) is 0 Å². The van der Waals surface area contributed by atoms with E-state index in [1.54, 1.807) is 12.1 Å². The molecule has 21 heavy (non-hydrogen) atoms. The van der Waals surface area contributed by atoms with E-state index in [9.17, 15) is 9.18 Å². The van der Waals surface area contributed by atoms with E-state index in [-0.39, 0.29) is 11.5 Å². The molecule has 1 aliphatic carbocycles. The van der Waals surface area contributed by atoms with Gasteiger partial charge in [-0.2, -0.15) is 0 Å². The molecule has 5 nitrogen and oxygen atoms in total. The number of carbonyl (C=O) groups is 1. The molecular weight excluding hydrogens is 291 g/mol. The van der Waals surface area contributed by atoms with Gasteiger partial charge in [-0.15, -0.1) is 0 Å². The van der Waals surface area contributed by atoms with Crippen molar-refractivity contribution in [2.24, 2.45) is 0 Å². The first kappa shape index (κ1) is 13.8. The van der Waals surface area contributed by atoms with Crippen LogP contribution in [0.5, 0.6) is 0 Å². The molecule has 1 fully saturated rings. The predicted octanol–water partition coefficient (Wildman–Crippen LogP) is 3.00. The molecule has 1 heterocycles. The van der Waals surface area contributed by atoms with E-state index < -0.39 is 11.7 Å². The number of thiazole rings is 1. The highest BCUT2D eigenvalue weighted by molar-refractivity contribution is 7.18. The summed E-state index contributed by atoms with van der Waals surface area (Å²) in [6.45, 7) is 1.83. The van der Waals surface area contributed by atoms with Crippen molar-refractivity contribution in [2.75, 3.05) is 16.4 Å². The Morgan fingerprint density at radius 1 is 1.48 bits per heavy atom. The van der Waals surface area contributed by atoms with Gasteiger partial charge in [0.25, 0.3) is 5.91 Å². The fraction of sp³-hybridized carbons (Fsp3) is 0.286. The summed E-state index contributed by atoms with van der Waals surface area (Å²) in [6, 6.07) is 4.97. The van der Waals surface area contributed by atoms with E-state index in [1.807, 2.05) is 6.92 Å². The van der Waals surface area contributed by atoms with Gasteiger partial charge in [-0.25, -0.2) is 9.37 Å². The summed E-state index contributed by atoms with van der Waals surface area (Å²) < 4.78 is 13.7. The highest BCUT2D eigenvalue weighted by Crippen LogP contribution is 2.31. The van der Waals surface area contributed by atoms with Crippen molar-refractivity contribution in [3.63, 3.8) is 0 Å². The number of nitrogens with one attached hydrogen (secondary N) is 2. The van der Waals surface area contributed by atoms with Crippen LogP contribution < -0.4 is 16.4 Å². The average molecular weight is 306 g/mol. The molecule has 0 unspecified atom stereocenters. The Balaban J connectivity index is 1.78. The minimum absolute atomic E-state index is 0.143. The van der Waals surface area contributed by atoms with Crippen molar-refractivity contribution in [1.82, 2.24) is 4.98 Å². The minimum Gasteiger partial charge on any atom is -0.382 e. The largest absolute Gasteiger partial charge is 0.382 e. The summed E-state index contributed by atoms with van der Waals surface area (Å²) in [5.41, 5.74) is 6.77. The number of nitrogens with zero attached hydrogens (tertiary/aromatic N) is 1. The van der Waals surface area contributed by atoms with Gasteiger partial charge < -0.3 is 16.4 Å². The van der Waals surface area contributed by atoms with Gasteiger partial charge in [0.2, 0.25) is 0 Å². The fourth-order valence-electron chi connectivity index (χ4n) is 1.87. The summed E-state index contributed by atoms with van der Waals surface area (Å²) in [6.07, 6.45) is 2.21. The van der Waals surface area contributed by atoms with Gasteiger partial charge >= 0.3 is 0 Å². The maximum Gasteiger partial charge on any atom is 0.269 e. The van der Waals surface area contributed by atoms with Gasteiger partial charge in [0.15, 0.2) is 5.13 Å². The molecule has 1 aromatic heterocycles. The zero-order valence-electron chi connectivity index (χ0n) is 11.4. The number of aryl methyl sites for hydroxylation is 1. The molecule has 0 bridgehead atoms. The van der Waals surface area contributed by atoms with Gasteiger partial charge in [-0.1, -0.05) is 17.4 Å². The molecule has 0 radical (unpaired) electrons. The molecule has 0 spiro atoms. The quantitative estimate of drug-likeness (QED) is 0.811. The van der Waals surface area contributed by atoms with Crippen LogP contribution in [0.1, 0.15) is 28.1 Å². The second-order valence-electron chi connectivity index (χ2n) is 5.09. The number of benzene rings is 1. The van der Waals surface area contributed by atoms with E-state index in [0.717, 1.165) is 18.4 Å². The van der Waals surface area contributed by atoms with Crippen LogP contribution in [0.2, 0.25) is 0 Å². The molecule has 1 aromatic carbocycles. The SMILES string of the molecule is Cc1ccc(F)c(NC(=O)c2sc(NC3CC3)nc2N)c1. The summed E-state index contributed by atoms with van der Waals surface area (Å²) in [7, 11) is 0. The van der Waals surface area contributed by atoms with E-state index in [0.29, 0.717) is 16.1 Å². The molecule has 2 aromatic rings. The van der Waals surface area contributed by atoms with E-state index in [1.165, 1.54) is 17.4 Å². The van der Waals surface area contributed by atoms with Gasteiger partial charge in [0, 0.05) is 6.04 Å². The van der Waals surface area contributed by atoms with Gasteiger partial charge in [0.05, 0.1) is 5.69 Å². The second kappa shape index (κ2) is 5.33. The number of nitrogens with two attached hydrogens (primary N) is 1. The Kier molecular flexibility index (Phi) is 3.50. The molecule has 4 N–H and O–H groups in total. The molecule has 3 rings (SSSR count). The molecule has 110 valence electrons. The maximum atomic E-state index is 13.7. The Hall–Kier alpha value is -2.15. The Bertz CT molecular complexity index is 696. The average Bonchev–Trinajstić information content (AvgIpc) is 3.16. The second-order valence-corrected chi connectivity index (χ2v) is 6.09. The molecule has 1 saturated carbocycles. The number of aromatic nitrogens is 1. The molecule has 1 aliphatic rings. The van der Waals surface area contributed by atoms with Crippen LogP contribution in [-0.4, -0.2) is 16.9 Å². The lowest BCUT2D eigenvalue weighted by atomic mass is 10.2. The van der Waals surface area contributed by atoms with Crippen LogP contribution in [0.15, 0.2) is 18.2 Å². The zero-order valence-corrected chi connectivity index (χ0v) is 12.3. The first-order chi connectivity index (χ1) is 10.0. The first-order valence-electron chi connectivity index (χ1n) is 6.63. The van der Waals surface area contributed by atoms with E-state index >= 15 is 0 Å². The van der Waals surface area contributed by atoms with Crippen molar-refractivity contribution >= 4 is 33.9 Å². The standard InChI is InChI=1S/C14H15FN4OS/c1-7-2-5-9(15)10(6-7)18-13(20)11-12(16)19-14(21-11)17-8-3-4-8/h2,5-6,8H,3-4,16H2,1H3,(H,17,19)(H,18,20). The van der Waals surface area contributed by atoms with Crippen LogP contribution in [0.25, 0.3) is 0 Å². The molecule has 0 atom stereocenters. The lowest BCUT2D eigenvalue weighted by Gasteiger charge is -2.06. The van der Waals surface area contributed by atoms with Crippen molar-refractivity contribution in [2.45, 2.75) is 25.8 Å². The van der Waals surface area contributed by atoms with Crippen LogP contribution >= 0.6 is 11.3 Å². The number of carbonyl (C=O) groups excluding carboxylic acids is 1. The van der Waals surface area contributed by atoms with Gasteiger partial charge in [-0.05, 0) is 37.5 Å². The van der Waals surface area contributed by atoms with Gasteiger partial charge in [0.1, 0.15) is 16.5 Å². The molecule has 1 amide bonds. The third kappa shape index (κ3) is 3.13. The molecule has 7 heteroatoms. The summed E-state index contributed by atoms with van der Waals surface area (Å²) in [5.74, 6) is -0.763. The number of hydrogen-bond acceptors (Lipinski definition) is 5. The minimum atomic E-state index is -0.478. The fourth-order valence-corrected chi connectivity index (χ4v) is 2.73. The first-order valence-corrected chi connectivity index (χ1v) is 7.45. The third-order valence-corrected chi connectivity index (χ3v) is 4.14. The number of halogens is 1. The topological polar surface area (TPSA) is 80.0 Å². The maximum absolute atomic E-state index is 13.7. The molecular formula is C14H15FN4OS. The van der Waals surface area contributed by atoms with Crippen molar-refractivity contribution in [3.05, 3.63) is 34.5 Å². The summed E-state index contributed by atoms with van der Waals surface area (Å²) >= 11 is 1.18. The van der Waals surface area contributed by atoms with Crippen LogP contribution in [0.4, 0.5) is 21.0 Å². The van der Waals surface area contributed by atoms with Crippen LogP contribution in [0.3, 0.4) is 0 Å². The van der Waals surface area contributed by atoms with E-state index in [2.05, 4.69) is 15.6 Å². The van der Waals surface area contributed by atoms with E-state index in [4.69, 9.17) is 5.73 Å². The number of hydrogen-bond donors (Lipinski definition) is 3.